The molecular formula is C24H22N4O3. The van der Waals surface area contributed by atoms with Crippen LogP contribution in [0.2, 0.25) is 0 Å². The van der Waals surface area contributed by atoms with Gasteiger partial charge in [-0.1, -0.05) is 12.1 Å². The monoisotopic (exact) mass is 414 g/mol. The first-order valence-electron chi connectivity index (χ1n) is 10.2. The topological polar surface area (TPSA) is 80.4 Å². The predicted molar refractivity (Wildman–Crippen MR) is 119 cm³/mol. The highest BCUT2D eigenvalue weighted by atomic mass is 16.4. The number of fused-ring (bicyclic) bond motifs is 3. The molecule has 31 heavy (non-hydrogen) atoms. The van der Waals surface area contributed by atoms with Crippen LogP contribution >= 0.6 is 0 Å². The SMILES string of the molecule is Cc1ccc(-c2ccn(-c3ccc4c5c(n(C)c4c3)CCN(C(=O)O)C5)c(=O)c2)cn1. The second-order valence-corrected chi connectivity index (χ2v) is 7.95. The molecule has 0 atom stereocenters. The van der Waals surface area contributed by atoms with Crippen LogP contribution < -0.4 is 5.56 Å². The van der Waals surface area contributed by atoms with Crippen molar-refractivity contribution in [3.63, 3.8) is 0 Å². The van der Waals surface area contributed by atoms with Crippen molar-refractivity contribution in [2.24, 2.45) is 7.05 Å². The van der Waals surface area contributed by atoms with E-state index < -0.39 is 6.09 Å². The second-order valence-electron chi connectivity index (χ2n) is 7.95. The standard InChI is InChI=1S/C24H22N4O3/c1-15-3-4-17(13-25-15)16-7-10-28(23(29)11-16)18-5-6-19-20-14-27(24(30)31)9-8-21(20)26(2)22(19)12-18/h3-7,10-13H,8-9,14H2,1-2H3,(H,30,31). The van der Waals surface area contributed by atoms with E-state index in [1.54, 1.807) is 23.0 Å². The number of benzene rings is 1. The number of hydrogen-bond donors (Lipinski definition) is 1. The largest absolute Gasteiger partial charge is 0.465 e. The first kappa shape index (κ1) is 19.1. The average molecular weight is 414 g/mol. The molecule has 7 nitrogen and oxygen atoms in total. The fourth-order valence-corrected chi connectivity index (χ4v) is 4.39. The Hall–Kier alpha value is -3.87. The third kappa shape index (κ3) is 3.18. The van der Waals surface area contributed by atoms with Gasteiger partial charge in [-0.05, 0) is 36.8 Å². The van der Waals surface area contributed by atoms with Crippen molar-refractivity contribution in [3.8, 4) is 16.8 Å². The van der Waals surface area contributed by atoms with Gasteiger partial charge < -0.3 is 14.6 Å². The Morgan fingerprint density at radius 1 is 1.10 bits per heavy atom. The van der Waals surface area contributed by atoms with Gasteiger partial charge in [0.2, 0.25) is 0 Å². The van der Waals surface area contributed by atoms with Gasteiger partial charge in [-0.3, -0.25) is 14.3 Å². The normalized spacial score (nSPS) is 13.4. The van der Waals surface area contributed by atoms with E-state index in [4.69, 9.17) is 0 Å². The summed E-state index contributed by atoms with van der Waals surface area (Å²) in [5, 5.41) is 10.4. The van der Waals surface area contributed by atoms with Crippen molar-refractivity contribution in [1.82, 2.24) is 19.0 Å². The van der Waals surface area contributed by atoms with E-state index in [9.17, 15) is 14.7 Å². The molecule has 0 aliphatic carbocycles. The number of carbonyl (C=O) groups is 1. The first-order chi connectivity index (χ1) is 14.9. The summed E-state index contributed by atoms with van der Waals surface area (Å²) in [5.41, 5.74) is 6.52. The van der Waals surface area contributed by atoms with Gasteiger partial charge in [0.25, 0.3) is 5.56 Å². The lowest BCUT2D eigenvalue weighted by atomic mass is 10.0. The lowest BCUT2D eigenvalue weighted by Gasteiger charge is -2.25. The van der Waals surface area contributed by atoms with Crippen molar-refractivity contribution < 1.29 is 9.90 Å². The van der Waals surface area contributed by atoms with Crippen LogP contribution in [0.4, 0.5) is 4.79 Å². The Morgan fingerprint density at radius 3 is 2.65 bits per heavy atom. The number of pyridine rings is 2. The van der Waals surface area contributed by atoms with E-state index >= 15 is 0 Å². The number of rotatable bonds is 2. The van der Waals surface area contributed by atoms with Crippen LogP contribution in [0.15, 0.2) is 59.7 Å². The van der Waals surface area contributed by atoms with Gasteiger partial charge in [0, 0.05) is 66.4 Å². The molecule has 0 unspecified atom stereocenters. The zero-order valence-electron chi connectivity index (χ0n) is 17.4. The number of hydrogen-bond acceptors (Lipinski definition) is 3. The fourth-order valence-electron chi connectivity index (χ4n) is 4.39. The summed E-state index contributed by atoms with van der Waals surface area (Å²) >= 11 is 0. The number of amides is 1. The highest BCUT2D eigenvalue weighted by Gasteiger charge is 2.25. The Morgan fingerprint density at radius 2 is 1.94 bits per heavy atom. The minimum atomic E-state index is -0.894. The molecule has 1 amide bonds. The summed E-state index contributed by atoms with van der Waals surface area (Å²) in [6.07, 6.45) is 3.35. The molecule has 1 aliphatic heterocycles. The van der Waals surface area contributed by atoms with Crippen LogP contribution in [-0.2, 0) is 20.0 Å². The quantitative estimate of drug-likeness (QED) is 0.542. The van der Waals surface area contributed by atoms with Gasteiger partial charge in [-0.25, -0.2) is 4.79 Å². The molecule has 0 radical (unpaired) electrons. The summed E-state index contributed by atoms with van der Waals surface area (Å²) in [4.78, 5) is 30.0. The lowest BCUT2D eigenvalue weighted by Crippen LogP contribution is -2.34. The summed E-state index contributed by atoms with van der Waals surface area (Å²) in [5.74, 6) is 0. The molecule has 156 valence electrons. The molecular weight excluding hydrogens is 392 g/mol. The third-order valence-corrected chi connectivity index (χ3v) is 6.10. The predicted octanol–water partition coefficient (Wildman–Crippen LogP) is 3.74. The molecule has 1 aliphatic rings. The molecule has 5 rings (SSSR count). The van der Waals surface area contributed by atoms with Crippen LogP contribution in [0.25, 0.3) is 27.7 Å². The summed E-state index contributed by atoms with van der Waals surface area (Å²) in [7, 11) is 2.00. The minimum absolute atomic E-state index is 0.117. The van der Waals surface area contributed by atoms with Gasteiger partial charge in [-0.15, -0.1) is 0 Å². The van der Waals surface area contributed by atoms with Crippen LogP contribution in [0.1, 0.15) is 17.0 Å². The van der Waals surface area contributed by atoms with Crippen LogP contribution in [0, 0.1) is 6.92 Å². The number of aryl methyl sites for hydroxylation is 2. The average Bonchev–Trinajstić information content (AvgIpc) is 3.05. The van der Waals surface area contributed by atoms with Gasteiger partial charge >= 0.3 is 6.09 Å². The molecule has 4 aromatic rings. The summed E-state index contributed by atoms with van der Waals surface area (Å²) in [6.45, 7) is 2.81. The molecule has 0 fully saturated rings. The van der Waals surface area contributed by atoms with E-state index in [1.807, 2.05) is 50.4 Å². The second kappa shape index (κ2) is 7.12. The van der Waals surface area contributed by atoms with Crippen LogP contribution in [-0.4, -0.2) is 36.8 Å². The first-order valence-corrected chi connectivity index (χ1v) is 10.2. The highest BCUT2D eigenvalue weighted by molar-refractivity contribution is 5.88. The summed E-state index contributed by atoms with van der Waals surface area (Å²) < 4.78 is 3.74. The minimum Gasteiger partial charge on any atom is -0.465 e. The molecule has 0 saturated carbocycles. The Balaban J connectivity index is 1.56. The Bertz CT molecular complexity index is 1380. The molecule has 4 heterocycles. The smallest absolute Gasteiger partial charge is 0.407 e. The van der Waals surface area contributed by atoms with E-state index in [2.05, 4.69) is 9.55 Å². The van der Waals surface area contributed by atoms with Gasteiger partial charge in [-0.2, -0.15) is 0 Å². The Kier molecular flexibility index (Phi) is 4.39. The maximum absolute atomic E-state index is 12.9. The lowest BCUT2D eigenvalue weighted by molar-refractivity contribution is 0.139. The molecule has 0 saturated heterocycles. The van der Waals surface area contributed by atoms with E-state index in [0.29, 0.717) is 19.5 Å². The molecule has 3 aromatic heterocycles. The highest BCUT2D eigenvalue weighted by Crippen LogP contribution is 2.31. The molecule has 0 bridgehead atoms. The number of nitrogens with zero attached hydrogens (tertiary/aromatic N) is 4. The van der Waals surface area contributed by atoms with Crippen molar-refractivity contribution in [3.05, 3.63) is 82.2 Å². The summed E-state index contributed by atoms with van der Waals surface area (Å²) in [6, 6.07) is 13.3. The van der Waals surface area contributed by atoms with Crippen LogP contribution in [0.5, 0.6) is 0 Å². The number of aromatic nitrogens is 3. The van der Waals surface area contributed by atoms with Crippen molar-refractivity contribution in [1.29, 1.82) is 0 Å². The van der Waals surface area contributed by atoms with Crippen LogP contribution in [0.3, 0.4) is 0 Å². The molecule has 1 N–H and O–H groups in total. The van der Waals surface area contributed by atoms with Gasteiger partial charge in [0.1, 0.15) is 0 Å². The van der Waals surface area contributed by atoms with Crippen molar-refractivity contribution in [2.45, 2.75) is 19.9 Å². The van der Waals surface area contributed by atoms with Crippen molar-refractivity contribution in [2.75, 3.05) is 6.54 Å². The van der Waals surface area contributed by atoms with E-state index in [-0.39, 0.29) is 5.56 Å². The zero-order chi connectivity index (χ0) is 21.7. The fraction of sp³-hybridized carbons (Fsp3) is 0.208. The molecule has 0 spiro atoms. The third-order valence-electron chi connectivity index (χ3n) is 6.10. The molecule has 1 aromatic carbocycles. The number of carboxylic acid groups (broad SMARTS) is 1. The zero-order valence-corrected chi connectivity index (χ0v) is 17.4. The maximum atomic E-state index is 12.9. The maximum Gasteiger partial charge on any atom is 0.407 e. The molecule has 7 heteroatoms. The van der Waals surface area contributed by atoms with Gasteiger partial charge in [0.15, 0.2) is 0 Å². The van der Waals surface area contributed by atoms with Crippen molar-refractivity contribution >= 4 is 17.0 Å². The Labute approximate surface area is 178 Å². The van der Waals surface area contributed by atoms with E-state index in [0.717, 1.165) is 44.7 Å². The van der Waals surface area contributed by atoms with Gasteiger partial charge in [0.05, 0.1) is 17.7 Å². The van der Waals surface area contributed by atoms with E-state index in [1.165, 1.54) is 4.90 Å².